The molecule has 0 atom stereocenters. The number of hydrogen-bond acceptors (Lipinski definition) is 3. The molecular formula is C15H24N2O2. The average Bonchev–Trinajstić information content (AvgIpc) is 2.42. The molecule has 0 unspecified atom stereocenters. The summed E-state index contributed by atoms with van der Waals surface area (Å²) in [6.45, 7) is 7.95. The van der Waals surface area contributed by atoms with Gasteiger partial charge >= 0.3 is 0 Å². The number of likely N-dealkylation sites (N-methyl/N-ethyl adjacent to an activating group) is 1. The highest BCUT2D eigenvalue weighted by Gasteiger charge is 2.08. The van der Waals surface area contributed by atoms with E-state index in [1.807, 2.05) is 19.1 Å². The maximum absolute atomic E-state index is 11.5. The van der Waals surface area contributed by atoms with Crippen molar-refractivity contribution in [3.05, 3.63) is 29.3 Å². The Kier molecular flexibility index (Phi) is 6.36. The van der Waals surface area contributed by atoms with Crippen LogP contribution in [-0.4, -0.2) is 26.1 Å². The van der Waals surface area contributed by atoms with Gasteiger partial charge in [-0.25, -0.2) is 0 Å². The minimum atomic E-state index is 0.0174. The lowest BCUT2D eigenvalue weighted by Gasteiger charge is -2.14. The summed E-state index contributed by atoms with van der Waals surface area (Å²) in [6, 6.07) is 6.04. The summed E-state index contributed by atoms with van der Waals surface area (Å²) < 4.78 is 5.34. The zero-order chi connectivity index (χ0) is 14.3. The quantitative estimate of drug-likeness (QED) is 0.792. The molecule has 4 nitrogen and oxygen atoms in total. The van der Waals surface area contributed by atoms with Crippen molar-refractivity contribution in [3.63, 3.8) is 0 Å². The van der Waals surface area contributed by atoms with Crippen LogP contribution in [0.15, 0.2) is 18.2 Å². The van der Waals surface area contributed by atoms with E-state index in [-0.39, 0.29) is 5.91 Å². The van der Waals surface area contributed by atoms with E-state index in [0.29, 0.717) is 19.0 Å². The predicted molar refractivity (Wildman–Crippen MR) is 77.5 cm³/mol. The van der Waals surface area contributed by atoms with Gasteiger partial charge in [0.25, 0.3) is 0 Å². The molecule has 2 N–H and O–H groups in total. The number of rotatable bonds is 7. The molecule has 0 spiro atoms. The van der Waals surface area contributed by atoms with Gasteiger partial charge in [0.2, 0.25) is 5.91 Å². The van der Waals surface area contributed by atoms with E-state index in [9.17, 15) is 4.79 Å². The lowest BCUT2D eigenvalue weighted by atomic mass is 9.99. The lowest BCUT2D eigenvalue weighted by Crippen LogP contribution is -2.33. The van der Waals surface area contributed by atoms with E-state index in [2.05, 4.69) is 30.5 Å². The van der Waals surface area contributed by atoms with Crippen LogP contribution in [0.25, 0.3) is 0 Å². The van der Waals surface area contributed by atoms with Crippen molar-refractivity contribution in [2.24, 2.45) is 0 Å². The number of methoxy groups -OCH3 is 1. The Morgan fingerprint density at radius 3 is 2.68 bits per heavy atom. The second-order valence-corrected chi connectivity index (χ2v) is 4.79. The fourth-order valence-corrected chi connectivity index (χ4v) is 1.85. The van der Waals surface area contributed by atoms with Crippen LogP contribution in [0.5, 0.6) is 5.75 Å². The molecule has 0 saturated carbocycles. The number of carbonyl (C=O) groups excluding carboxylic acids is 1. The molecule has 0 aromatic heterocycles. The molecule has 4 heteroatoms. The van der Waals surface area contributed by atoms with Gasteiger partial charge in [-0.05, 0) is 29.7 Å². The molecule has 1 aromatic carbocycles. The predicted octanol–water partition coefficient (Wildman–Crippen LogP) is 2.04. The van der Waals surface area contributed by atoms with Gasteiger partial charge in [-0.15, -0.1) is 0 Å². The van der Waals surface area contributed by atoms with Crippen molar-refractivity contribution in [2.75, 3.05) is 20.2 Å². The Morgan fingerprint density at radius 1 is 1.37 bits per heavy atom. The molecule has 0 fully saturated rings. The maximum atomic E-state index is 11.5. The van der Waals surface area contributed by atoms with Crippen molar-refractivity contribution in [2.45, 2.75) is 33.2 Å². The molecule has 106 valence electrons. The first-order chi connectivity index (χ1) is 9.08. The Morgan fingerprint density at radius 2 is 2.11 bits per heavy atom. The third kappa shape index (κ3) is 4.91. The van der Waals surface area contributed by atoms with Gasteiger partial charge in [0.1, 0.15) is 5.75 Å². The first-order valence-electron chi connectivity index (χ1n) is 6.72. The Balaban J connectivity index is 2.64. The minimum absolute atomic E-state index is 0.0174. The van der Waals surface area contributed by atoms with Gasteiger partial charge in [-0.1, -0.05) is 32.9 Å². The monoisotopic (exact) mass is 264 g/mol. The fourth-order valence-electron chi connectivity index (χ4n) is 1.85. The first-order valence-corrected chi connectivity index (χ1v) is 6.72. The second-order valence-electron chi connectivity index (χ2n) is 4.79. The topological polar surface area (TPSA) is 50.4 Å². The van der Waals surface area contributed by atoms with Crippen LogP contribution >= 0.6 is 0 Å². The zero-order valence-electron chi connectivity index (χ0n) is 12.2. The van der Waals surface area contributed by atoms with Gasteiger partial charge in [-0.2, -0.15) is 0 Å². The van der Waals surface area contributed by atoms with E-state index in [1.165, 1.54) is 5.56 Å². The highest BCUT2D eigenvalue weighted by molar-refractivity contribution is 5.77. The fraction of sp³-hybridized carbons (Fsp3) is 0.533. The summed E-state index contributed by atoms with van der Waals surface area (Å²) in [4.78, 5) is 11.5. The number of amides is 1. The number of carbonyl (C=O) groups is 1. The van der Waals surface area contributed by atoms with Crippen molar-refractivity contribution < 1.29 is 9.53 Å². The SMILES string of the molecule is CCNCC(=O)NCc1ccc(OC)c(C(C)C)c1. The molecule has 1 aromatic rings. The van der Waals surface area contributed by atoms with Crippen molar-refractivity contribution in [3.8, 4) is 5.75 Å². The summed E-state index contributed by atoms with van der Waals surface area (Å²) in [6.07, 6.45) is 0. The van der Waals surface area contributed by atoms with Gasteiger partial charge in [0, 0.05) is 6.54 Å². The van der Waals surface area contributed by atoms with E-state index >= 15 is 0 Å². The van der Waals surface area contributed by atoms with Gasteiger partial charge < -0.3 is 15.4 Å². The Hall–Kier alpha value is -1.55. The first kappa shape index (κ1) is 15.5. The van der Waals surface area contributed by atoms with Crippen LogP contribution in [-0.2, 0) is 11.3 Å². The number of benzene rings is 1. The van der Waals surface area contributed by atoms with Crippen LogP contribution in [0, 0.1) is 0 Å². The molecule has 0 heterocycles. The van der Waals surface area contributed by atoms with E-state index in [0.717, 1.165) is 17.9 Å². The highest BCUT2D eigenvalue weighted by atomic mass is 16.5. The summed E-state index contributed by atoms with van der Waals surface area (Å²) in [5.41, 5.74) is 2.26. The Labute approximate surface area is 115 Å². The maximum Gasteiger partial charge on any atom is 0.234 e. The molecule has 1 rings (SSSR count). The molecule has 0 radical (unpaired) electrons. The summed E-state index contributed by atoms with van der Waals surface area (Å²) in [7, 11) is 1.68. The van der Waals surface area contributed by atoms with E-state index < -0.39 is 0 Å². The second kappa shape index (κ2) is 7.79. The van der Waals surface area contributed by atoms with Crippen LogP contribution in [0.4, 0.5) is 0 Å². The number of nitrogens with one attached hydrogen (secondary N) is 2. The molecule has 19 heavy (non-hydrogen) atoms. The standard InChI is InChI=1S/C15H24N2O2/c1-5-16-10-15(18)17-9-12-6-7-14(19-4)13(8-12)11(2)3/h6-8,11,16H,5,9-10H2,1-4H3,(H,17,18). The largest absolute Gasteiger partial charge is 0.496 e. The van der Waals surface area contributed by atoms with Gasteiger partial charge in [-0.3, -0.25) is 4.79 Å². The normalized spacial score (nSPS) is 10.6. The zero-order valence-corrected chi connectivity index (χ0v) is 12.2. The highest BCUT2D eigenvalue weighted by Crippen LogP contribution is 2.27. The molecule has 0 aliphatic heterocycles. The van der Waals surface area contributed by atoms with Crippen molar-refractivity contribution in [1.29, 1.82) is 0 Å². The summed E-state index contributed by atoms with van der Waals surface area (Å²) >= 11 is 0. The molecular weight excluding hydrogens is 240 g/mol. The lowest BCUT2D eigenvalue weighted by molar-refractivity contribution is -0.120. The third-order valence-electron chi connectivity index (χ3n) is 2.94. The molecule has 0 saturated heterocycles. The molecule has 1 amide bonds. The van der Waals surface area contributed by atoms with Crippen LogP contribution in [0.1, 0.15) is 37.8 Å². The van der Waals surface area contributed by atoms with Crippen LogP contribution < -0.4 is 15.4 Å². The van der Waals surface area contributed by atoms with Crippen LogP contribution in [0.3, 0.4) is 0 Å². The summed E-state index contributed by atoms with van der Waals surface area (Å²) in [5.74, 6) is 1.31. The van der Waals surface area contributed by atoms with E-state index in [1.54, 1.807) is 7.11 Å². The molecule has 0 bridgehead atoms. The Bertz CT molecular complexity index is 417. The van der Waals surface area contributed by atoms with Crippen LogP contribution in [0.2, 0.25) is 0 Å². The van der Waals surface area contributed by atoms with Crippen molar-refractivity contribution in [1.82, 2.24) is 10.6 Å². The molecule has 0 aliphatic rings. The number of hydrogen-bond donors (Lipinski definition) is 2. The molecule has 0 aliphatic carbocycles. The summed E-state index contributed by atoms with van der Waals surface area (Å²) in [5, 5.41) is 5.90. The number of ether oxygens (including phenoxy) is 1. The minimum Gasteiger partial charge on any atom is -0.496 e. The van der Waals surface area contributed by atoms with Crippen molar-refractivity contribution >= 4 is 5.91 Å². The van der Waals surface area contributed by atoms with E-state index in [4.69, 9.17) is 4.74 Å². The van der Waals surface area contributed by atoms with Gasteiger partial charge in [0.05, 0.1) is 13.7 Å². The smallest absolute Gasteiger partial charge is 0.234 e. The third-order valence-corrected chi connectivity index (χ3v) is 2.94. The van der Waals surface area contributed by atoms with Gasteiger partial charge in [0.15, 0.2) is 0 Å². The average molecular weight is 264 g/mol.